The van der Waals surface area contributed by atoms with Crippen LogP contribution < -0.4 is 4.74 Å². The molecule has 0 saturated heterocycles. The van der Waals surface area contributed by atoms with Gasteiger partial charge in [0.15, 0.2) is 0 Å². The molecule has 0 heterocycles. The lowest BCUT2D eigenvalue weighted by atomic mass is 10.1. The second-order valence-electron chi connectivity index (χ2n) is 4.46. The number of hydrogen-bond acceptors (Lipinski definition) is 3. The van der Waals surface area contributed by atoms with Gasteiger partial charge in [0.2, 0.25) is 0 Å². The summed E-state index contributed by atoms with van der Waals surface area (Å²) in [6.07, 6.45) is -0.593. The molecular formula is C12H17BrO3. The average Bonchev–Trinajstić information content (AvgIpc) is 2.13. The summed E-state index contributed by atoms with van der Waals surface area (Å²) in [6.45, 7) is 5.21. The zero-order valence-corrected chi connectivity index (χ0v) is 11.3. The number of aliphatic hydroxyl groups excluding tert-OH is 1. The molecule has 0 bridgehead atoms. The molecule has 0 aliphatic carbocycles. The molecule has 0 amide bonds. The second-order valence-corrected chi connectivity index (χ2v) is 5.37. The molecule has 1 rings (SSSR count). The van der Waals surface area contributed by atoms with E-state index in [0.29, 0.717) is 11.3 Å². The molecule has 0 aromatic heterocycles. The van der Waals surface area contributed by atoms with Crippen molar-refractivity contribution in [3.63, 3.8) is 0 Å². The van der Waals surface area contributed by atoms with Gasteiger partial charge in [0, 0.05) is 10.0 Å². The van der Waals surface area contributed by atoms with Gasteiger partial charge >= 0.3 is 0 Å². The van der Waals surface area contributed by atoms with Gasteiger partial charge in [0.25, 0.3) is 0 Å². The van der Waals surface area contributed by atoms with Crippen LogP contribution in [-0.4, -0.2) is 22.4 Å². The molecule has 1 aromatic rings. The summed E-state index contributed by atoms with van der Waals surface area (Å²) in [5, 5.41) is 19.1. The Balaban J connectivity index is 2.88. The zero-order valence-electron chi connectivity index (χ0n) is 9.70. The third-order valence-corrected chi connectivity index (χ3v) is 2.50. The fourth-order valence-electron chi connectivity index (χ4n) is 1.23. The molecule has 0 fully saturated rings. The Kier molecular flexibility index (Phi) is 4.35. The van der Waals surface area contributed by atoms with E-state index in [9.17, 15) is 10.2 Å². The maximum Gasteiger partial charge on any atom is 0.126 e. The van der Waals surface area contributed by atoms with E-state index >= 15 is 0 Å². The van der Waals surface area contributed by atoms with Gasteiger partial charge in [-0.05, 0) is 32.9 Å². The van der Waals surface area contributed by atoms with Gasteiger partial charge in [-0.15, -0.1) is 0 Å². The van der Waals surface area contributed by atoms with Crippen LogP contribution >= 0.6 is 15.9 Å². The number of aliphatic hydroxyl groups is 2. The Bertz CT molecular complexity index is 356. The minimum atomic E-state index is -0.891. The van der Waals surface area contributed by atoms with Crippen molar-refractivity contribution in [2.24, 2.45) is 0 Å². The maximum atomic E-state index is 9.58. The summed E-state index contributed by atoms with van der Waals surface area (Å²) in [7, 11) is 0. The number of hydrogen-bond donors (Lipinski definition) is 2. The molecular weight excluding hydrogens is 272 g/mol. The van der Waals surface area contributed by atoms with Crippen molar-refractivity contribution in [1.29, 1.82) is 0 Å². The first kappa shape index (κ1) is 13.5. The van der Waals surface area contributed by atoms with Crippen LogP contribution in [0.1, 0.15) is 32.4 Å². The molecule has 0 aliphatic rings. The second kappa shape index (κ2) is 5.17. The van der Waals surface area contributed by atoms with E-state index in [-0.39, 0.29) is 6.61 Å². The summed E-state index contributed by atoms with van der Waals surface area (Å²) in [5.74, 6) is 0.589. The van der Waals surface area contributed by atoms with Crippen LogP contribution in [0.25, 0.3) is 0 Å². The third kappa shape index (κ3) is 4.12. The van der Waals surface area contributed by atoms with E-state index < -0.39 is 11.7 Å². The Labute approximate surface area is 104 Å². The van der Waals surface area contributed by atoms with Crippen molar-refractivity contribution in [2.45, 2.75) is 32.5 Å². The SMILES string of the molecule is C[C@H](O)c1ccc(Br)cc1OCC(C)(C)O. The molecule has 1 atom stereocenters. The maximum absolute atomic E-state index is 9.58. The molecule has 0 aliphatic heterocycles. The van der Waals surface area contributed by atoms with Gasteiger partial charge in [0.05, 0.1) is 11.7 Å². The first-order chi connectivity index (χ1) is 7.29. The average molecular weight is 289 g/mol. The first-order valence-electron chi connectivity index (χ1n) is 5.12. The lowest BCUT2D eigenvalue weighted by Gasteiger charge is -2.20. The molecule has 0 saturated carbocycles. The Morgan fingerprint density at radius 3 is 2.56 bits per heavy atom. The van der Waals surface area contributed by atoms with E-state index in [1.165, 1.54) is 0 Å². The third-order valence-electron chi connectivity index (χ3n) is 2.01. The fraction of sp³-hybridized carbons (Fsp3) is 0.500. The lowest BCUT2D eigenvalue weighted by molar-refractivity contribution is 0.0272. The smallest absolute Gasteiger partial charge is 0.126 e. The van der Waals surface area contributed by atoms with Gasteiger partial charge in [-0.25, -0.2) is 0 Å². The molecule has 0 unspecified atom stereocenters. The summed E-state index contributed by atoms with van der Waals surface area (Å²) in [5.41, 5.74) is -0.175. The summed E-state index contributed by atoms with van der Waals surface area (Å²) < 4.78 is 6.38. The summed E-state index contributed by atoms with van der Waals surface area (Å²) >= 11 is 3.34. The van der Waals surface area contributed by atoms with Crippen LogP contribution in [0, 0.1) is 0 Å². The van der Waals surface area contributed by atoms with Crippen LogP contribution in [0.4, 0.5) is 0 Å². The fourth-order valence-corrected chi connectivity index (χ4v) is 1.57. The van der Waals surface area contributed by atoms with Crippen LogP contribution in [0.2, 0.25) is 0 Å². The van der Waals surface area contributed by atoms with Gasteiger partial charge in [-0.3, -0.25) is 0 Å². The molecule has 4 heteroatoms. The molecule has 1 aromatic carbocycles. The van der Waals surface area contributed by atoms with Gasteiger partial charge < -0.3 is 14.9 Å². The normalized spacial score (nSPS) is 13.6. The van der Waals surface area contributed by atoms with Crippen molar-refractivity contribution in [3.05, 3.63) is 28.2 Å². The van der Waals surface area contributed by atoms with E-state index in [1.54, 1.807) is 32.9 Å². The number of rotatable bonds is 4. The topological polar surface area (TPSA) is 49.7 Å². The van der Waals surface area contributed by atoms with E-state index in [2.05, 4.69) is 15.9 Å². The number of benzene rings is 1. The van der Waals surface area contributed by atoms with Crippen molar-refractivity contribution < 1.29 is 14.9 Å². The lowest BCUT2D eigenvalue weighted by Crippen LogP contribution is -2.28. The predicted molar refractivity (Wildman–Crippen MR) is 66.6 cm³/mol. The molecule has 2 N–H and O–H groups in total. The molecule has 16 heavy (non-hydrogen) atoms. The minimum Gasteiger partial charge on any atom is -0.490 e. The highest BCUT2D eigenvalue weighted by atomic mass is 79.9. The van der Waals surface area contributed by atoms with Crippen molar-refractivity contribution in [2.75, 3.05) is 6.61 Å². The van der Waals surface area contributed by atoms with E-state index in [0.717, 1.165) is 4.47 Å². The highest BCUT2D eigenvalue weighted by Crippen LogP contribution is 2.29. The highest BCUT2D eigenvalue weighted by Gasteiger charge is 2.16. The van der Waals surface area contributed by atoms with Crippen LogP contribution in [-0.2, 0) is 0 Å². The minimum absolute atomic E-state index is 0.184. The van der Waals surface area contributed by atoms with Crippen LogP contribution in [0.3, 0.4) is 0 Å². The van der Waals surface area contributed by atoms with Gasteiger partial charge in [-0.2, -0.15) is 0 Å². The van der Waals surface area contributed by atoms with Crippen LogP contribution in [0.5, 0.6) is 5.75 Å². The summed E-state index contributed by atoms with van der Waals surface area (Å²) in [6, 6.07) is 5.43. The Morgan fingerprint density at radius 1 is 1.44 bits per heavy atom. The Hall–Kier alpha value is -0.580. The van der Waals surface area contributed by atoms with E-state index in [4.69, 9.17) is 4.74 Å². The number of halogens is 1. The van der Waals surface area contributed by atoms with Gasteiger partial charge in [0.1, 0.15) is 12.4 Å². The Morgan fingerprint density at radius 2 is 2.06 bits per heavy atom. The van der Waals surface area contributed by atoms with Gasteiger partial charge in [-0.1, -0.05) is 22.0 Å². The first-order valence-corrected chi connectivity index (χ1v) is 5.91. The molecule has 0 radical (unpaired) electrons. The summed E-state index contributed by atoms with van der Waals surface area (Å²) in [4.78, 5) is 0. The predicted octanol–water partition coefficient (Wildman–Crippen LogP) is 2.65. The molecule has 3 nitrogen and oxygen atoms in total. The molecule has 90 valence electrons. The van der Waals surface area contributed by atoms with Crippen LogP contribution in [0.15, 0.2) is 22.7 Å². The monoisotopic (exact) mass is 288 g/mol. The van der Waals surface area contributed by atoms with E-state index in [1.807, 2.05) is 6.07 Å². The largest absolute Gasteiger partial charge is 0.490 e. The van der Waals surface area contributed by atoms with Crippen molar-refractivity contribution in [1.82, 2.24) is 0 Å². The number of ether oxygens (including phenoxy) is 1. The van der Waals surface area contributed by atoms with Crippen molar-refractivity contribution >= 4 is 15.9 Å². The quantitative estimate of drug-likeness (QED) is 0.896. The molecule has 0 spiro atoms. The van der Waals surface area contributed by atoms with Crippen molar-refractivity contribution in [3.8, 4) is 5.75 Å². The highest BCUT2D eigenvalue weighted by molar-refractivity contribution is 9.10. The standard InChI is InChI=1S/C12H17BrO3/c1-8(14)10-5-4-9(13)6-11(10)16-7-12(2,3)15/h4-6,8,14-15H,7H2,1-3H3/t8-/m0/s1. The zero-order chi connectivity index (χ0) is 12.3.